The number of benzene rings is 2. The standard InChI is InChI=1S/C19H20N4O2S2/c1-23(12-18-21-14-7-3-5-9-16(14)27-18)19(25)22-13-6-2-4-8-15(13)26-11-10-17(20)24/h2-9H,10-12H2,1H3,(H2,20,24)(H,22,25). The molecule has 0 aliphatic rings. The topological polar surface area (TPSA) is 88.3 Å². The molecule has 140 valence electrons. The molecule has 3 N–H and O–H groups in total. The number of thiazole rings is 1. The first-order valence-corrected chi connectivity index (χ1v) is 10.2. The van der Waals surface area contributed by atoms with Crippen LogP contribution in [0, 0.1) is 0 Å². The molecule has 0 atom stereocenters. The van der Waals surface area contributed by atoms with Gasteiger partial charge in [-0.3, -0.25) is 4.79 Å². The van der Waals surface area contributed by atoms with Crippen molar-refractivity contribution in [1.82, 2.24) is 9.88 Å². The number of aromatic nitrogens is 1. The average Bonchev–Trinajstić information content (AvgIpc) is 3.05. The predicted molar refractivity (Wildman–Crippen MR) is 111 cm³/mol. The number of primary amides is 1. The molecule has 1 heterocycles. The number of thioether (sulfide) groups is 1. The van der Waals surface area contributed by atoms with E-state index in [1.165, 1.54) is 11.8 Å². The molecule has 3 amide bonds. The van der Waals surface area contributed by atoms with Gasteiger partial charge in [0, 0.05) is 24.1 Å². The molecule has 0 aliphatic carbocycles. The van der Waals surface area contributed by atoms with Crippen molar-refractivity contribution < 1.29 is 9.59 Å². The fourth-order valence-electron chi connectivity index (χ4n) is 2.43. The minimum atomic E-state index is -0.334. The van der Waals surface area contributed by atoms with Gasteiger partial charge in [0.25, 0.3) is 0 Å². The van der Waals surface area contributed by atoms with Crippen molar-refractivity contribution in [2.75, 3.05) is 18.1 Å². The lowest BCUT2D eigenvalue weighted by Crippen LogP contribution is -2.31. The molecule has 0 saturated heterocycles. The van der Waals surface area contributed by atoms with Crippen molar-refractivity contribution >= 4 is 50.9 Å². The summed E-state index contributed by atoms with van der Waals surface area (Å²) in [5.74, 6) is 0.239. The Balaban J connectivity index is 1.63. The van der Waals surface area contributed by atoms with Gasteiger partial charge in [-0.2, -0.15) is 0 Å². The van der Waals surface area contributed by atoms with Gasteiger partial charge in [-0.25, -0.2) is 9.78 Å². The number of urea groups is 1. The summed E-state index contributed by atoms with van der Waals surface area (Å²) >= 11 is 3.08. The van der Waals surface area contributed by atoms with Crippen molar-refractivity contribution in [1.29, 1.82) is 0 Å². The Kier molecular flexibility index (Phi) is 6.31. The zero-order valence-electron chi connectivity index (χ0n) is 14.8. The van der Waals surface area contributed by atoms with Crippen LogP contribution in [0.2, 0.25) is 0 Å². The van der Waals surface area contributed by atoms with Gasteiger partial charge in [-0.1, -0.05) is 24.3 Å². The van der Waals surface area contributed by atoms with Crippen LogP contribution in [-0.4, -0.2) is 34.6 Å². The Morgan fingerprint density at radius 3 is 2.70 bits per heavy atom. The Labute approximate surface area is 165 Å². The summed E-state index contributed by atoms with van der Waals surface area (Å²) in [7, 11) is 1.74. The molecule has 3 aromatic rings. The van der Waals surface area contributed by atoms with E-state index < -0.39 is 0 Å². The summed E-state index contributed by atoms with van der Waals surface area (Å²) in [4.78, 5) is 30.6. The number of carbonyl (C=O) groups is 2. The molecule has 1 aromatic heterocycles. The highest BCUT2D eigenvalue weighted by molar-refractivity contribution is 7.99. The fourth-order valence-corrected chi connectivity index (χ4v) is 4.42. The second kappa shape index (κ2) is 8.88. The smallest absolute Gasteiger partial charge is 0.321 e. The molecule has 0 spiro atoms. The molecule has 2 aromatic carbocycles. The molecule has 27 heavy (non-hydrogen) atoms. The number of hydrogen-bond acceptors (Lipinski definition) is 5. The fraction of sp³-hybridized carbons (Fsp3) is 0.211. The van der Waals surface area contributed by atoms with Crippen LogP contribution in [0.15, 0.2) is 53.4 Å². The third-order valence-corrected chi connectivity index (χ3v) is 5.89. The third kappa shape index (κ3) is 5.21. The summed E-state index contributed by atoms with van der Waals surface area (Å²) in [6, 6.07) is 15.2. The second-order valence-electron chi connectivity index (χ2n) is 5.92. The van der Waals surface area contributed by atoms with Crippen molar-refractivity contribution in [2.45, 2.75) is 17.9 Å². The Morgan fingerprint density at radius 1 is 1.19 bits per heavy atom. The number of rotatable bonds is 7. The molecule has 0 saturated carbocycles. The van der Waals surface area contributed by atoms with Crippen molar-refractivity contribution in [3.05, 3.63) is 53.5 Å². The summed E-state index contributed by atoms with van der Waals surface area (Å²) in [5.41, 5.74) is 6.85. The summed E-state index contributed by atoms with van der Waals surface area (Å²) in [5, 5.41) is 3.82. The van der Waals surface area contributed by atoms with Crippen LogP contribution in [0.25, 0.3) is 10.2 Å². The third-order valence-electron chi connectivity index (χ3n) is 3.79. The van der Waals surface area contributed by atoms with Crippen LogP contribution in [0.4, 0.5) is 10.5 Å². The van der Waals surface area contributed by atoms with Crippen LogP contribution < -0.4 is 11.1 Å². The number of nitrogens with two attached hydrogens (primary N) is 1. The molecule has 6 nitrogen and oxygen atoms in total. The number of hydrogen-bond donors (Lipinski definition) is 2. The minimum Gasteiger partial charge on any atom is -0.370 e. The van der Waals surface area contributed by atoms with Gasteiger partial charge >= 0.3 is 6.03 Å². The first-order valence-electron chi connectivity index (χ1n) is 8.39. The van der Waals surface area contributed by atoms with Crippen LogP contribution >= 0.6 is 23.1 Å². The van der Waals surface area contributed by atoms with Crippen LogP contribution in [0.5, 0.6) is 0 Å². The Bertz CT molecular complexity index is 925. The van der Waals surface area contributed by atoms with E-state index in [0.717, 1.165) is 20.1 Å². The largest absolute Gasteiger partial charge is 0.370 e. The summed E-state index contributed by atoms with van der Waals surface area (Å²) < 4.78 is 1.11. The highest BCUT2D eigenvalue weighted by Crippen LogP contribution is 2.28. The Hall–Kier alpha value is -2.58. The number of anilines is 1. The number of amides is 3. The van der Waals surface area contributed by atoms with Crippen molar-refractivity contribution in [3.63, 3.8) is 0 Å². The van der Waals surface area contributed by atoms with Crippen LogP contribution in [0.3, 0.4) is 0 Å². The molecule has 8 heteroatoms. The first kappa shape index (κ1) is 19.2. The zero-order chi connectivity index (χ0) is 19.2. The van der Waals surface area contributed by atoms with E-state index in [2.05, 4.69) is 10.3 Å². The Morgan fingerprint density at radius 2 is 1.93 bits per heavy atom. The molecule has 3 rings (SSSR count). The zero-order valence-corrected chi connectivity index (χ0v) is 16.5. The van der Waals surface area contributed by atoms with E-state index in [4.69, 9.17) is 5.73 Å². The number of nitrogens with zero attached hydrogens (tertiary/aromatic N) is 2. The molecule has 0 aliphatic heterocycles. The molecular formula is C19H20N4O2S2. The molecular weight excluding hydrogens is 380 g/mol. The van der Waals surface area contributed by atoms with Gasteiger partial charge in [0.05, 0.1) is 22.4 Å². The van der Waals surface area contributed by atoms with E-state index >= 15 is 0 Å². The normalized spacial score (nSPS) is 10.7. The highest BCUT2D eigenvalue weighted by Gasteiger charge is 2.14. The van der Waals surface area contributed by atoms with Gasteiger partial charge in [0.1, 0.15) is 5.01 Å². The van der Waals surface area contributed by atoms with E-state index in [1.807, 2.05) is 48.5 Å². The van der Waals surface area contributed by atoms with Gasteiger partial charge in [-0.05, 0) is 24.3 Å². The van der Waals surface area contributed by atoms with Gasteiger partial charge in [0.15, 0.2) is 0 Å². The molecule has 0 radical (unpaired) electrons. The quantitative estimate of drug-likeness (QED) is 0.588. The summed E-state index contributed by atoms with van der Waals surface area (Å²) in [6.45, 7) is 0.433. The number of para-hydroxylation sites is 2. The molecule has 0 unspecified atom stereocenters. The SMILES string of the molecule is CN(Cc1nc2ccccc2s1)C(=O)Nc1ccccc1SCCC(N)=O. The predicted octanol–water partition coefficient (Wildman–Crippen LogP) is 3.93. The van der Waals surface area contributed by atoms with Crippen molar-refractivity contribution in [2.24, 2.45) is 5.73 Å². The lowest BCUT2D eigenvalue weighted by molar-refractivity contribution is -0.117. The lowest BCUT2D eigenvalue weighted by atomic mass is 10.3. The van der Waals surface area contributed by atoms with Gasteiger partial charge < -0.3 is 16.0 Å². The van der Waals surface area contributed by atoms with E-state index in [9.17, 15) is 9.59 Å². The van der Waals surface area contributed by atoms with E-state index in [0.29, 0.717) is 24.4 Å². The number of nitrogens with one attached hydrogen (secondary N) is 1. The van der Waals surface area contributed by atoms with E-state index in [1.54, 1.807) is 23.3 Å². The van der Waals surface area contributed by atoms with E-state index in [-0.39, 0.29) is 11.9 Å². The molecule has 0 fully saturated rings. The number of fused-ring (bicyclic) bond motifs is 1. The van der Waals surface area contributed by atoms with Crippen LogP contribution in [0.1, 0.15) is 11.4 Å². The average molecular weight is 401 g/mol. The summed E-state index contributed by atoms with van der Waals surface area (Å²) in [6.07, 6.45) is 0.296. The maximum Gasteiger partial charge on any atom is 0.321 e. The maximum absolute atomic E-state index is 12.6. The number of carbonyl (C=O) groups excluding carboxylic acids is 2. The van der Waals surface area contributed by atoms with Crippen LogP contribution in [-0.2, 0) is 11.3 Å². The van der Waals surface area contributed by atoms with Gasteiger partial charge in [-0.15, -0.1) is 23.1 Å². The minimum absolute atomic E-state index is 0.211. The monoisotopic (exact) mass is 400 g/mol. The highest BCUT2D eigenvalue weighted by atomic mass is 32.2. The lowest BCUT2D eigenvalue weighted by Gasteiger charge is -2.18. The second-order valence-corrected chi connectivity index (χ2v) is 8.17. The van der Waals surface area contributed by atoms with Crippen molar-refractivity contribution in [3.8, 4) is 0 Å². The maximum atomic E-state index is 12.6. The molecule has 0 bridgehead atoms. The van der Waals surface area contributed by atoms with Gasteiger partial charge in [0.2, 0.25) is 5.91 Å². The first-order chi connectivity index (χ1) is 13.0.